The van der Waals surface area contributed by atoms with Crippen LogP contribution in [0.3, 0.4) is 0 Å². The molecular weight excluding hydrogens is 312 g/mol. The molecule has 2 fully saturated rings. The van der Waals surface area contributed by atoms with Crippen LogP contribution in [0, 0.1) is 24.7 Å². The third-order valence-corrected chi connectivity index (χ3v) is 6.07. The van der Waals surface area contributed by atoms with Gasteiger partial charge in [0, 0.05) is 13.0 Å². The van der Waals surface area contributed by atoms with E-state index in [1.54, 1.807) is 0 Å². The molecule has 2 aliphatic rings. The molecule has 5 unspecified atom stereocenters. The maximum absolute atomic E-state index is 12.6. The molecule has 5 atom stereocenters. The molecule has 25 heavy (non-hydrogen) atoms. The summed E-state index contributed by atoms with van der Waals surface area (Å²) in [7, 11) is 0. The zero-order valence-corrected chi connectivity index (χ0v) is 15.5. The Morgan fingerprint density at radius 3 is 2.40 bits per heavy atom. The number of fused-ring (bicyclic) bond motifs is 2. The average Bonchev–Trinajstić information content (AvgIpc) is 3.17. The summed E-state index contributed by atoms with van der Waals surface area (Å²) in [6.07, 6.45) is 5.60. The van der Waals surface area contributed by atoms with E-state index >= 15 is 0 Å². The topological polar surface area (TPSA) is 58.2 Å². The van der Waals surface area contributed by atoms with Gasteiger partial charge in [0.25, 0.3) is 0 Å². The van der Waals surface area contributed by atoms with Gasteiger partial charge in [-0.15, -0.1) is 0 Å². The molecule has 0 radical (unpaired) electrons. The van der Waals surface area contributed by atoms with Crippen LogP contribution in [0.1, 0.15) is 63.1 Å². The number of hydrogen-bond acceptors (Lipinski definition) is 2. The van der Waals surface area contributed by atoms with E-state index in [0.717, 1.165) is 17.4 Å². The van der Waals surface area contributed by atoms with Crippen molar-refractivity contribution in [1.82, 2.24) is 10.6 Å². The molecule has 4 heteroatoms. The van der Waals surface area contributed by atoms with Gasteiger partial charge in [0.15, 0.2) is 0 Å². The second-order valence-corrected chi connectivity index (χ2v) is 8.06. The first-order valence-corrected chi connectivity index (χ1v) is 9.55. The molecule has 3 rings (SSSR count). The van der Waals surface area contributed by atoms with Crippen molar-refractivity contribution in [2.45, 2.75) is 65.0 Å². The largest absolute Gasteiger partial charge is 0.353 e. The second kappa shape index (κ2) is 7.59. The van der Waals surface area contributed by atoms with E-state index in [4.69, 9.17) is 0 Å². The van der Waals surface area contributed by atoms with E-state index in [1.807, 2.05) is 31.2 Å². The van der Waals surface area contributed by atoms with E-state index in [-0.39, 0.29) is 30.3 Å². The summed E-state index contributed by atoms with van der Waals surface area (Å²) in [4.78, 5) is 24.1. The van der Waals surface area contributed by atoms with Crippen molar-refractivity contribution in [3.8, 4) is 0 Å². The molecule has 136 valence electrons. The van der Waals surface area contributed by atoms with Crippen molar-refractivity contribution < 1.29 is 9.59 Å². The van der Waals surface area contributed by atoms with Crippen molar-refractivity contribution in [1.29, 1.82) is 0 Å². The molecule has 0 saturated heterocycles. The molecule has 2 saturated carbocycles. The molecule has 0 heterocycles. The van der Waals surface area contributed by atoms with Crippen LogP contribution >= 0.6 is 0 Å². The highest BCUT2D eigenvalue weighted by Crippen LogP contribution is 2.49. The molecule has 1 aromatic rings. The predicted octanol–water partition coefficient (Wildman–Crippen LogP) is 3.50. The minimum Gasteiger partial charge on any atom is -0.353 e. The fraction of sp³-hybridized carbons (Fsp3) is 0.619. The molecule has 0 aliphatic heterocycles. The molecule has 4 nitrogen and oxygen atoms in total. The molecule has 2 bridgehead atoms. The second-order valence-electron chi connectivity index (χ2n) is 8.06. The van der Waals surface area contributed by atoms with Crippen LogP contribution in [-0.4, -0.2) is 17.9 Å². The maximum atomic E-state index is 12.6. The zero-order chi connectivity index (χ0) is 18.0. The Kier molecular flexibility index (Phi) is 5.45. The van der Waals surface area contributed by atoms with E-state index in [2.05, 4.69) is 17.6 Å². The molecule has 0 aromatic heterocycles. The van der Waals surface area contributed by atoms with E-state index < -0.39 is 0 Å². The number of nitrogens with one attached hydrogen (secondary N) is 2. The minimum atomic E-state index is -0.273. The lowest BCUT2D eigenvalue weighted by atomic mass is 9.84. The van der Waals surface area contributed by atoms with Crippen molar-refractivity contribution in [2.75, 3.05) is 0 Å². The van der Waals surface area contributed by atoms with E-state index in [1.165, 1.54) is 38.2 Å². The Labute approximate surface area is 150 Å². The first-order valence-electron chi connectivity index (χ1n) is 9.55. The van der Waals surface area contributed by atoms with Crippen molar-refractivity contribution in [3.05, 3.63) is 35.4 Å². The van der Waals surface area contributed by atoms with E-state index in [0.29, 0.717) is 5.92 Å². The van der Waals surface area contributed by atoms with Gasteiger partial charge >= 0.3 is 0 Å². The number of carbonyl (C=O) groups excluding carboxylic acids is 2. The van der Waals surface area contributed by atoms with Gasteiger partial charge in [0.1, 0.15) is 0 Å². The Bertz CT molecular complexity index is 625. The van der Waals surface area contributed by atoms with Crippen LogP contribution in [0.5, 0.6) is 0 Å². The summed E-state index contributed by atoms with van der Waals surface area (Å²) in [5.74, 6) is 2.22. The molecule has 1 aromatic carbocycles. The fourth-order valence-corrected chi connectivity index (χ4v) is 4.81. The summed E-state index contributed by atoms with van der Waals surface area (Å²) in [5, 5.41) is 6.12. The van der Waals surface area contributed by atoms with Gasteiger partial charge in [-0.1, -0.05) is 36.2 Å². The first kappa shape index (κ1) is 18.0. The SMILES string of the molecule is CC(=O)NC(CC(=O)NC(C)C1CC2CCC1C2)c1ccc(C)cc1. The number of aryl methyl sites for hydroxylation is 1. The van der Waals surface area contributed by atoms with Gasteiger partial charge in [-0.2, -0.15) is 0 Å². The first-order chi connectivity index (χ1) is 11.9. The number of carbonyl (C=O) groups is 2. The minimum absolute atomic E-state index is 0.0228. The Morgan fingerprint density at radius 1 is 1.12 bits per heavy atom. The van der Waals surface area contributed by atoms with Crippen LogP contribution in [0.4, 0.5) is 0 Å². The van der Waals surface area contributed by atoms with Gasteiger partial charge < -0.3 is 10.6 Å². The Balaban J connectivity index is 1.59. The van der Waals surface area contributed by atoms with Crippen molar-refractivity contribution in [3.63, 3.8) is 0 Å². The monoisotopic (exact) mass is 342 g/mol. The third kappa shape index (κ3) is 4.42. The third-order valence-electron chi connectivity index (χ3n) is 6.07. The highest BCUT2D eigenvalue weighted by Gasteiger charge is 2.42. The van der Waals surface area contributed by atoms with Crippen LogP contribution in [-0.2, 0) is 9.59 Å². The van der Waals surface area contributed by atoms with Crippen LogP contribution < -0.4 is 10.6 Å². The van der Waals surface area contributed by atoms with Gasteiger partial charge in [-0.3, -0.25) is 9.59 Å². The molecule has 2 amide bonds. The summed E-state index contributed by atoms with van der Waals surface area (Å²) >= 11 is 0. The van der Waals surface area contributed by atoms with Crippen LogP contribution in [0.2, 0.25) is 0 Å². The number of amides is 2. The molecule has 2 aliphatic carbocycles. The number of hydrogen-bond donors (Lipinski definition) is 2. The maximum Gasteiger partial charge on any atom is 0.222 e. The fourth-order valence-electron chi connectivity index (χ4n) is 4.81. The van der Waals surface area contributed by atoms with E-state index in [9.17, 15) is 9.59 Å². The summed E-state index contributed by atoms with van der Waals surface area (Å²) in [6, 6.07) is 7.95. The normalized spacial score (nSPS) is 26.9. The lowest BCUT2D eigenvalue weighted by Crippen LogP contribution is -2.41. The average molecular weight is 342 g/mol. The lowest BCUT2D eigenvalue weighted by Gasteiger charge is -2.29. The van der Waals surface area contributed by atoms with Crippen molar-refractivity contribution >= 4 is 11.8 Å². The van der Waals surface area contributed by atoms with Crippen molar-refractivity contribution in [2.24, 2.45) is 17.8 Å². The summed E-state index contributed by atoms with van der Waals surface area (Å²) in [6.45, 7) is 5.67. The number of rotatable bonds is 6. The highest BCUT2D eigenvalue weighted by atomic mass is 16.2. The molecule has 0 spiro atoms. The van der Waals surface area contributed by atoms with Crippen LogP contribution in [0.15, 0.2) is 24.3 Å². The standard InChI is InChI=1S/C21H30N2O2/c1-13-4-7-17(8-5-13)20(23-15(3)24)12-21(25)22-14(2)19-11-16-6-9-18(19)10-16/h4-5,7-8,14,16,18-20H,6,9-12H2,1-3H3,(H,22,25)(H,23,24). The summed E-state index contributed by atoms with van der Waals surface area (Å²) < 4.78 is 0. The van der Waals surface area contributed by atoms with Gasteiger partial charge in [0.05, 0.1) is 12.5 Å². The lowest BCUT2D eigenvalue weighted by molar-refractivity contribution is -0.123. The predicted molar refractivity (Wildman–Crippen MR) is 98.9 cm³/mol. The van der Waals surface area contributed by atoms with Gasteiger partial charge in [0.2, 0.25) is 11.8 Å². The quantitative estimate of drug-likeness (QED) is 0.831. The van der Waals surface area contributed by atoms with Gasteiger partial charge in [-0.25, -0.2) is 0 Å². The smallest absolute Gasteiger partial charge is 0.222 e. The van der Waals surface area contributed by atoms with Crippen LogP contribution in [0.25, 0.3) is 0 Å². The highest BCUT2D eigenvalue weighted by molar-refractivity contribution is 5.79. The summed E-state index contributed by atoms with van der Waals surface area (Å²) in [5.41, 5.74) is 2.14. The molecule has 2 N–H and O–H groups in total. The number of benzene rings is 1. The Morgan fingerprint density at radius 2 is 1.84 bits per heavy atom. The Hall–Kier alpha value is -1.84. The molecular formula is C21H30N2O2. The zero-order valence-electron chi connectivity index (χ0n) is 15.5. The van der Waals surface area contributed by atoms with Gasteiger partial charge in [-0.05, 0) is 56.4 Å².